The number of nitrogens with one attached hydrogen (secondary N) is 3. The molecule has 0 fully saturated rings. The Balaban J connectivity index is 1.52. The number of hydrogen-bond donors (Lipinski definition) is 3. The SMILES string of the molecule is COc1ccc(NC(=O)c2c(NC(=O)CNCc3ccccc3)sc3c2CC[C@H](C(C)(C)C)C3)cc1. The van der Waals surface area contributed by atoms with Gasteiger partial charge in [-0.15, -0.1) is 11.3 Å². The van der Waals surface area contributed by atoms with Gasteiger partial charge in [-0.3, -0.25) is 9.59 Å². The highest BCUT2D eigenvalue weighted by atomic mass is 32.1. The van der Waals surface area contributed by atoms with Crippen LogP contribution in [0.25, 0.3) is 0 Å². The molecule has 0 bridgehead atoms. The molecule has 2 aromatic carbocycles. The summed E-state index contributed by atoms with van der Waals surface area (Å²) in [6.07, 6.45) is 2.79. The Hall–Kier alpha value is -3.16. The number of ether oxygens (including phenoxy) is 1. The van der Waals surface area contributed by atoms with E-state index in [0.29, 0.717) is 28.7 Å². The number of anilines is 2. The molecule has 7 heteroatoms. The molecule has 3 aromatic rings. The lowest BCUT2D eigenvalue weighted by Gasteiger charge is -2.33. The summed E-state index contributed by atoms with van der Waals surface area (Å²) >= 11 is 1.54. The highest BCUT2D eigenvalue weighted by Crippen LogP contribution is 2.44. The zero-order chi connectivity index (χ0) is 25.7. The molecule has 4 rings (SSSR count). The normalized spacial score (nSPS) is 15.2. The zero-order valence-electron chi connectivity index (χ0n) is 21.4. The molecule has 0 saturated heterocycles. The number of thiophene rings is 1. The Morgan fingerprint density at radius 3 is 2.42 bits per heavy atom. The van der Waals surface area contributed by atoms with Crippen molar-refractivity contribution >= 4 is 33.8 Å². The van der Waals surface area contributed by atoms with Crippen LogP contribution in [0.4, 0.5) is 10.7 Å². The van der Waals surface area contributed by atoms with Gasteiger partial charge in [0, 0.05) is 17.1 Å². The van der Waals surface area contributed by atoms with E-state index in [4.69, 9.17) is 4.74 Å². The van der Waals surface area contributed by atoms with E-state index in [2.05, 4.69) is 36.7 Å². The van der Waals surface area contributed by atoms with Crippen LogP contribution in [-0.4, -0.2) is 25.5 Å². The maximum Gasteiger partial charge on any atom is 0.258 e. The molecular weight excluding hydrogens is 470 g/mol. The minimum atomic E-state index is -0.195. The van der Waals surface area contributed by atoms with Crippen LogP contribution in [0, 0.1) is 11.3 Å². The molecule has 1 aromatic heterocycles. The summed E-state index contributed by atoms with van der Waals surface area (Å²) in [6.45, 7) is 7.59. The summed E-state index contributed by atoms with van der Waals surface area (Å²) in [5.74, 6) is 0.914. The molecule has 1 atom stereocenters. The summed E-state index contributed by atoms with van der Waals surface area (Å²) in [4.78, 5) is 27.5. The molecule has 190 valence electrons. The third kappa shape index (κ3) is 6.33. The molecule has 1 aliphatic carbocycles. The Labute approximate surface area is 217 Å². The van der Waals surface area contributed by atoms with Crippen molar-refractivity contribution in [3.8, 4) is 5.75 Å². The molecule has 1 aliphatic rings. The molecule has 2 amide bonds. The van der Waals surface area contributed by atoms with Crippen molar-refractivity contribution in [2.24, 2.45) is 11.3 Å². The smallest absolute Gasteiger partial charge is 0.258 e. The lowest BCUT2D eigenvalue weighted by Crippen LogP contribution is -2.28. The van der Waals surface area contributed by atoms with E-state index in [9.17, 15) is 9.59 Å². The minimum absolute atomic E-state index is 0.157. The summed E-state index contributed by atoms with van der Waals surface area (Å²) in [5.41, 5.74) is 3.65. The van der Waals surface area contributed by atoms with Gasteiger partial charge in [0.1, 0.15) is 10.8 Å². The van der Waals surface area contributed by atoms with Gasteiger partial charge in [-0.1, -0.05) is 51.1 Å². The van der Waals surface area contributed by atoms with Crippen molar-refractivity contribution in [2.45, 2.75) is 46.6 Å². The monoisotopic (exact) mass is 505 g/mol. The molecule has 6 nitrogen and oxygen atoms in total. The van der Waals surface area contributed by atoms with Crippen molar-refractivity contribution < 1.29 is 14.3 Å². The fourth-order valence-electron chi connectivity index (χ4n) is 4.61. The number of benzene rings is 2. The topological polar surface area (TPSA) is 79.5 Å². The van der Waals surface area contributed by atoms with E-state index >= 15 is 0 Å². The first kappa shape index (κ1) is 25.9. The van der Waals surface area contributed by atoms with Crippen molar-refractivity contribution in [1.29, 1.82) is 0 Å². The van der Waals surface area contributed by atoms with Crippen LogP contribution in [0.5, 0.6) is 5.75 Å². The summed E-state index contributed by atoms with van der Waals surface area (Å²) < 4.78 is 5.22. The first-order valence-electron chi connectivity index (χ1n) is 12.4. The van der Waals surface area contributed by atoms with Gasteiger partial charge in [-0.2, -0.15) is 0 Å². The quantitative estimate of drug-likeness (QED) is 0.357. The number of methoxy groups -OCH3 is 1. The van der Waals surface area contributed by atoms with Gasteiger partial charge in [0.05, 0.1) is 19.2 Å². The Morgan fingerprint density at radius 2 is 1.75 bits per heavy atom. The predicted octanol–water partition coefficient (Wildman–Crippen LogP) is 5.89. The summed E-state index contributed by atoms with van der Waals surface area (Å²) in [5, 5.41) is 9.86. The van der Waals surface area contributed by atoms with Gasteiger partial charge in [-0.25, -0.2) is 0 Å². The van der Waals surface area contributed by atoms with Crippen LogP contribution in [0.3, 0.4) is 0 Å². The van der Waals surface area contributed by atoms with Crippen molar-refractivity contribution in [1.82, 2.24) is 5.32 Å². The number of rotatable bonds is 8. The van der Waals surface area contributed by atoms with Crippen LogP contribution in [0.15, 0.2) is 54.6 Å². The van der Waals surface area contributed by atoms with Gasteiger partial charge in [0.25, 0.3) is 5.91 Å². The maximum atomic E-state index is 13.5. The average Bonchev–Trinajstić information content (AvgIpc) is 3.21. The van der Waals surface area contributed by atoms with Crippen LogP contribution >= 0.6 is 11.3 Å². The lowest BCUT2D eigenvalue weighted by atomic mass is 9.72. The molecule has 1 heterocycles. The first-order chi connectivity index (χ1) is 17.2. The fraction of sp³-hybridized carbons (Fsp3) is 0.379. The number of amides is 2. The summed E-state index contributed by atoms with van der Waals surface area (Å²) in [7, 11) is 1.61. The van der Waals surface area contributed by atoms with Gasteiger partial charge in [0.15, 0.2) is 0 Å². The summed E-state index contributed by atoms with van der Waals surface area (Å²) in [6, 6.07) is 17.2. The average molecular weight is 506 g/mol. The Kier molecular flexibility index (Phi) is 8.11. The molecule has 0 aliphatic heterocycles. The number of carbonyl (C=O) groups excluding carboxylic acids is 2. The molecule has 3 N–H and O–H groups in total. The number of hydrogen-bond acceptors (Lipinski definition) is 5. The van der Waals surface area contributed by atoms with Gasteiger partial charge >= 0.3 is 0 Å². The van der Waals surface area contributed by atoms with E-state index in [-0.39, 0.29) is 23.8 Å². The lowest BCUT2D eigenvalue weighted by molar-refractivity contribution is -0.115. The van der Waals surface area contributed by atoms with E-state index < -0.39 is 0 Å². The van der Waals surface area contributed by atoms with Crippen LogP contribution in [0.2, 0.25) is 0 Å². The van der Waals surface area contributed by atoms with Gasteiger partial charge in [-0.05, 0) is 66.0 Å². The second-order valence-electron chi connectivity index (χ2n) is 10.3. The fourth-order valence-corrected chi connectivity index (χ4v) is 5.95. The highest BCUT2D eigenvalue weighted by Gasteiger charge is 2.34. The molecule has 0 spiro atoms. The Bertz CT molecular complexity index is 1200. The number of carbonyl (C=O) groups is 2. The number of fused-ring (bicyclic) bond motifs is 1. The zero-order valence-corrected chi connectivity index (χ0v) is 22.3. The third-order valence-corrected chi connectivity index (χ3v) is 7.95. The highest BCUT2D eigenvalue weighted by molar-refractivity contribution is 7.17. The second kappa shape index (κ2) is 11.3. The molecule has 0 saturated carbocycles. The standard InChI is InChI=1S/C29H35N3O3S/c1-29(2,3)20-10-15-23-24(16-20)36-28(32-25(33)18-30-17-19-8-6-5-7-9-19)26(23)27(34)31-21-11-13-22(35-4)14-12-21/h5-9,11-14,20,30H,10,15-18H2,1-4H3,(H,31,34)(H,32,33)/t20-/m0/s1. The largest absolute Gasteiger partial charge is 0.497 e. The van der Waals surface area contributed by atoms with Crippen LogP contribution < -0.4 is 20.7 Å². The molecule has 0 radical (unpaired) electrons. The predicted molar refractivity (Wildman–Crippen MR) is 147 cm³/mol. The molecule has 36 heavy (non-hydrogen) atoms. The minimum Gasteiger partial charge on any atom is -0.497 e. The van der Waals surface area contributed by atoms with E-state index in [1.807, 2.05) is 54.6 Å². The molecular formula is C29H35N3O3S. The van der Waals surface area contributed by atoms with Gasteiger partial charge < -0.3 is 20.7 Å². The van der Waals surface area contributed by atoms with Crippen molar-refractivity contribution in [2.75, 3.05) is 24.3 Å². The Morgan fingerprint density at radius 1 is 1.03 bits per heavy atom. The third-order valence-electron chi connectivity index (χ3n) is 6.78. The second-order valence-corrected chi connectivity index (χ2v) is 11.4. The van der Waals surface area contributed by atoms with Crippen molar-refractivity contribution in [3.05, 3.63) is 76.2 Å². The molecule has 0 unspecified atom stereocenters. The van der Waals surface area contributed by atoms with E-state index in [1.165, 1.54) is 4.88 Å². The van der Waals surface area contributed by atoms with Crippen molar-refractivity contribution in [3.63, 3.8) is 0 Å². The van der Waals surface area contributed by atoms with E-state index in [0.717, 1.165) is 36.1 Å². The first-order valence-corrected chi connectivity index (χ1v) is 13.2. The van der Waals surface area contributed by atoms with E-state index in [1.54, 1.807) is 18.4 Å². The van der Waals surface area contributed by atoms with Gasteiger partial charge in [0.2, 0.25) is 5.91 Å². The van der Waals surface area contributed by atoms with Crippen LogP contribution in [-0.2, 0) is 24.2 Å². The maximum absolute atomic E-state index is 13.5. The van der Waals surface area contributed by atoms with Crippen LogP contribution in [0.1, 0.15) is 53.6 Å².